The van der Waals surface area contributed by atoms with E-state index in [-0.39, 0.29) is 24.0 Å². The number of fused-ring (bicyclic) bond motifs is 1. The zero-order valence-corrected chi connectivity index (χ0v) is 18.2. The van der Waals surface area contributed by atoms with Crippen LogP contribution < -0.4 is 10.6 Å². The molecule has 0 saturated heterocycles. The first-order valence-corrected chi connectivity index (χ1v) is 9.23. The average Bonchev–Trinajstić information content (AvgIpc) is 3.42. The summed E-state index contributed by atoms with van der Waals surface area (Å²) in [6.45, 7) is 3.06. The van der Waals surface area contributed by atoms with Gasteiger partial charge in [-0.05, 0) is 23.6 Å². The first kappa shape index (κ1) is 20.3. The molecule has 0 fully saturated rings. The van der Waals surface area contributed by atoms with Crippen molar-refractivity contribution in [2.75, 3.05) is 7.05 Å². The van der Waals surface area contributed by atoms with Gasteiger partial charge in [-0.25, -0.2) is 0 Å². The Labute approximate surface area is 181 Å². The number of nitrogens with zero attached hydrogens (tertiary/aromatic N) is 6. The first-order chi connectivity index (χ1) is 13.3. The Morgan fingerprint density at radius 3 is 2.71 bits per heavy atom. The van der Waals surface area contributed by atoms with Gasteiger partial charge in [-0.2, -0.15) is 5.10 Å². The summed E-state index contributed by atoms with van der Waals surface area (Å²) in [5.74, 6) is 2.80. The van der Waals surface area contributed by atoms with E-state index in [4.69, 9.17) is 0 Å². The van der Waals surface area contributed by atoms with Gasteiger partial charge in [-0.3, -0.25) is 9.67 Å². The van der Waals surface area contributed by atoms with Crippen LogP contribution in [0.25, 0.3) is 0 Å². The lowest BCUT2D eigenvalue weighted by Gasteiger charge is -2.14. The van der Waals surface area contributed by atoms with Crippen LogP contribution >= 0.6 is 24.0 Å². The summed E-state index contributed by atoms with van der Waals surface area (Å²) in [5.41, 5.74) is 2.46. The quantitative estimate of drug-likeness (QED) is 0.312. The minimum Gasteiger partial charge on any atom is -0.352 e. The van der Waals surface area contributed by atoms with Crippen molar-refractivity contribution in [3.05, 3.63) is 65.5 Å². The number of guanidine groups is 1. The van der Waals surface area contributed by atoms with Crippen LogP contribution in [0.5, 0.6) is 0 Å². The van der Waals surface area contributed by atoms with Gasteiger partial charge in [0.2, 0.25) is 0 Å². The van der Waals surface area contributed by atoms with E-state index in [9.17, 15) is 0 Å². The normalized spacial score (nSPS) is 13.1. The lowest BCUT2D eigenvalue weighted by atomic mass is 10.1. The molecule has 3 aromatic rings. The van der Waals surface area contributed by atoms with Gasteiger partial charge in [-0.15, -0.1) is 34.2 Å². The number of aryl methyl sites for hydroxylation is 1. The molecule has 0 atom stereocenters. The van der Waals surface area contributed by atoms with Crippen molar-refractivity contribution in [3.8, 4) is 0 Å². The Bertz CT molecular complexity index is 916. The average molecular weight is 492 g/mol. The third-order valence-electron chi connectivity index (χ3n) is 4.78. The highest BCUT2D eigenvalue weighted by Crippen LogP contribution is 2.13. The van der Waals surface area contributed by atoms with Gasteiger partial charge in [-0.1, -0.05) is 24.3 Å². The molecule has 1 aromatic carbocycles. The molecule has 2 aromatic heterocycles. The van der Waals surface area contributed by atoms with Gasteiger partial charge in [0.25, 0.3) is 0 Å². The van der Waals surface area contributed by atoms with E-state index in [0.717, 1.165) is 43.5 Å². The van der Waals surface area contributed by atoms with Crippen molar-refractivity contribution in [1.29, 1.82) is 0 Å². The molecule has 3 heterocycles. The van der Waals surface area contributed by atoms with Gasteiger partial charge in [0, 0.05) is 39.0 Å². The fourth-order valence-electron chi connectivity index (χ4n) is 3.36. The fraction of sp³-hybridized carbons (Fsp3) is 0.368. The van der Waals surface area contributed by atoms with Crippen molar-refractivity contribution >= 4 is 29.9 Å². The summed E-state index contributed by atoms with van der Waals surface area (Å²) in [5, 5.41) is 19.5. The lowest BCUT2D eigenvalue weighted by Crippen LogP contribution is -2.37. The predicted molar refractivity (Wildman–Crippen MR) is 119 cm³/mol. The van der Waals surface area contributed by atoms with E-state index >= 15 is 0 Å². The smallest absolute Gasteiger partial charge is 0.191 e. The molecule has 0 aliphatic carbocycles. The van der Waals surface area contributed by atoms with E-state index in [2.05, 4.69) is 59.8 Å². The summed E-state index contributed by atoms with van der Waals surface area (Å²) >= 11 is 0. The SMILES string of the molecule is CN=C(NCc1ccccc1Cn1cccn1)NCc1nnc2n1CCC2.I. The summed E-state index contributed by atoms with van der Waals surface area (Å²) in [7, 11) is 1.78. The number of hydrogen-bond acceptors (Lipinski definition) is 4. The van der Waals surface area contributed by atoms with E-state index in [1.54, 1.807) is 13.2 Å². The van der Waals surface area contributed by atoms with Crippen molar-refractivity contribution in [3.63, 3.8) is 0 Å². The van der Waals surface area contributed by atoms with Crippen LogP contribution in [-0.2, 0) is 32.6 Å². The molecule has 0 amide bonds. The van der Waals surface area contributed by atoms with Gasteiger partial charge in [0.05, 0.1) is 13.1 Å². The van der Waals surface area contributed by atoms with Crippen molar-refractivity contribution < 1.29 is 0 Å². The Morgan fingerprint density at radius 2 is 1.93 bits per heavy atom. The summed E-state index contributed by atoms with van der Waals surface area (Å²) < 4.78 is 4.12. The van der Waals surface area contributed by atoms with Crippen LogP contribution in [0.3, 0.4) is 0 Å². The number of benzene rings is 1. The molecule has 28 heavy (non-hydrogen) atoms. The molecule has 0 radical (unpaired) electrons. The second-order valence-corrected chi connectivity index (χ2v) is 6.54. The first-order valence-electron chi connectivity index (χ1n) is 9.23. The third-order valence-corrected chi connectivity index (χ3v) is 4.78. The standard InChI is InChI=1S/C19H24N8.HI/c1-20-19(22-13-18-25-24-17-8-4-11-27(17)18)21-12-15-6-2-3-7-16(15)14-26-10-5-9-23-26;/h2-3,5-7,9-10H,4,8,11-14H2,1H3,(H2,20,21,22);1H. The number of aromatic nitrogens is 5. The molecule has 0 unspecified atom stereocenters. The van der Waals surface area contributed by atoms with Crippen LogP contribution in [0.4, 0.5) is 0 Å². The van der Waals surface area contributed by atoms with Crippen LogP contribution in [-0.4, -0.2) is 37.6 Å². The summed E-state index contributed by atoms with van der Waals surface area (Å²) in [6, 6.07) is 10.3. The predicted octanol–water partition coefficient (Wildman–Crippen LogP) is 1.95. The fourth-order valence-corrected chi connectivity index (χ4v) is 3.36. The molecule has 8 nitrogen and oxygen atoms in total. The number of nitrogens with one attached hydrogen (secondary N) is 2. The number of halogens is 1. The van der Waals surface area contributed by atoms with E-state index in [1.807, 2.05) is 16.9 Å². The largest absolute Gasteiger partial charge is 0.352 e. The van der Waals surface area contributed by atoms with Crippen LogP contribution in [0, 0.1) is 0 Å². The molecule has 0 spiro atoms. The second kappa shape index (κ2) is 9.67. The van der Waals surface area contributed by atoms with E-state index in [0.29, 0.717) is 13.1 Å². The topological polar surface area (TPSA) is 84.9 Å². The van der Waals surface area contributed by atoms with Crippen LogP contribution in [0.1, 0.15) is 29.2 Å². The molecular formula is C19H25IN8. The van der Waals surface area contributed by atoms with E-state index in [1.165, 1.54) is 11.1 Å². The molecular weight excluding hydrogens is 467 g/mol. The van der Waals surface area contributed by atoms with Gasteiger partial charge in [0.15, 0.2) is 11.8 Å². The highest BCUT2D eigenvalue weighted by atomic mass is 127. The molecule has 0 saturated carbocycles. The Hall–Kier alpha value is -2.43. The lowest BCUT2D eigenvalue weighted by molar-refractivity contribution is 0.660. The van der Waals surface area contributed by atoms with Crippen molar-refractivity contribution in [2.24, 2.45) is 4.99 Å². The number of hydrogen-bond donors (Lipinski definition) is 2. The maximum Gasteiger partial charge on any atom is 0.191 e. The maximum absolute atomic E-state index is 4.32. The van der Waals surface area contributed by atoms with Gasteiger partial charge >= 0.3 is 0 Å². The summed E-state index contributed by atoms with van der Waals surface area (Å²) in [6.07, 6.45) is 5.94. The highest BCUT2D eigenvalue weighted by molar-refractivity contribution is 14.0. The minimum atomic E-state index is 0. The molecule has 4 rings (SSSR count). The number of aliphatic imine (C=N–C) groups is 1. The van der Waals surface area contributed by atoms with Gasteiger partial charge in [0.1, 0.15) is 5.82 Å². The van der Waals surface area contributed by atoms with Crippen molar-refractivity contribution in [1.82, 2.24) is 35.2 Å². The Balaban J connectivity index is 0.00000225. The maximum atomic E-state index is 4.32. The molecule has 1 aliphatic heterocycles. The van der Waals surface area contributed by atoms with E-state index < -0.39 is 0 Å². The van der Waals surface area contributed by atoms with Crippen LogP contribution in [0.2, 0.25) is 0 Å². The molecule has 0 bridgehead atoms. The monoisotopic (exact) mass is 492 g/mol. The Morgan fingerprint density at radius 1 is 1.11 bits per heavy atom. The Kier molecular flexibility index (Phi) is 7.01. The molecule has 2 N–H and O–H groups in total. The van der Waals surface area contributed by atoms with Crippen LogP contribution in [0.15, 0.2) is 47.7 Å². The van der Waals surface area contributed by atoms with Gasteiger partial charge < -0.3 is 15.2 Å². The molecule has 9 heteroatoms. The second-order valence-electron chi connectivity index (χ2n) is 6.54. The summed E-state index contributed by atoms with van der Waals surface area (Å²) in [4.78, 5) is 4.32. The minimum absolute atomic E-state index is 0. The number of rotatable bonds is 6. The third kappa shape index (κ3) is 4.70. The molecule has 148 valence electrons. The zero-order valence-electron chi connectivity index (χ0n) is 15.9. The zero-order chi connectivity index (χ0) is 18.5. The van der Waals surface area contributed by atoms with Crippen molar-refractivity contribution in [2.45, 2.75) is 39.0 Å². The molecule has 1 aliphatic rings. The highest BCUT2D eigenvalue weighted by Gasteiger charge is 2.17.